The predicted molar refractivity (Wildman–Crippen MR) is 123 cm³/mol. The second-order valence-electron chi connectivity index (χ2n) is 7.81. The van der Waals surface area contributed by atoms with Gasteiger partial charge in [-0.25, -0.2) is 0 Å². The minimum atomic E-state index is -0.947. The van der Waals surface area contributed by atoms with Gasteiger partial charge in [0.15, 0.2) is 12.4 Å². The number of allylic oxidation sites excluding steroid dienone is 1. The van der Waals surface area contributed by atoms with Crippen molar-refractivity contribution in [2.75, 3.05) is 26.9 Å². The van der Waals surface area contributed by atoms with Crippen LogP contribution in [0.25, 0.3) is 0 Å². The lowest BCUT2D eigenvalue weighted by Crippen LogP contribution is -2.47. The lowest BCUT2D eigenvalue weighted by molar-refractivity contribution is -0.144. The molecule has 2 amide bonds. The molecule has 0 spiro atoms. The first-order valence-electron chi connectivity index (χ1n) is 10.7. The summed E-state index contributed by atoms with van der Waals surface area (Å²) in [5.74, 6) is -1.42. The third-order valence-electron chi connectivity index (χ3n) is 5.50. The number of nitrogens with one attached hydrogen (secondary N) is 2. The van der Waals surface area contributed by atoms with Gasteiger partial charge in [-0.05, 0) is 24.6 Å². The van der Waals surface area contributed by atoms with Crippen molar-refractivity contribution in [2.24, 2.45) is 17.4 Å². The minimum absolute atomic E-state index is 0.0591. The molecule has 0 bridgehead atoms. The zero-order chi connectivity index (χ0) is 24.8. The molecule has 0 radical (unpaired) electrons. The number of hydrogen-bond acceptors (Lipinski definition) is 8. The third-order valence-corrected chi connectivity index (χ3v) is 5.50. The van der Waals surface area contributed by atoms with Gasteiger partial charge in [0.05, 0.1) is 5.92 Å². The number of amides is 2. The molecule has 1 aliphatic carbocycles. The summed E-state index contributed by atoms with van der Waals surface area (Å²) in [7, 11) is 1.48. The van der Waals surface area contributed by atoms with E-state index in [9.17, 15) is 14.4 Å². The van der Waals surface area contributed by atoms with Crippen molar-refractivity contribution in [2.45, 2.75) is 25.8 Å². The molecule has 6 N–H and O–H groups in total. The molecule has 3 rings (SSSR count). The van der Waals surface area contributed by atoms with Crippen LogP contribution in [0.5, 0.6) is 5.75 Å². The Morgan fingerprint density at radius 3 is 2.74 bits per heavy atom. The molecule has 0 fully saturated rings. The molecule has 1 heterocycles. The summed E-state index contributed by atoms with van der Waals surface area (Å²) in [6, 6.07) is 4.76. The Morgan fingerprint density at radius 1 is 1.32 bits per heavy atom. The number of fused-ring (bicyclic) bond motifs is 1. The molecule has 1 aliphatic heterocycles. The van der Waals surface area contributed by atoms with E-state index in [0.29, 0.717) is 17.7 Å². The number of Topliss-reactive ketones (excluding diaryl/α,β-unsaturated/α-hetero) is 1. The first-order chi connectivity index (χ1) is 16.2. The number of benzene rings is 1. The van der Waals surface area contributed by atoms with Gasteiger partial charge in [-0.3, -0.25) is 19.8 Å². The van der Waals surface area contributed by atoms with Gasteiger partial charge >= 0.3 is 0 Å². The van der Waals surface area contributed by atoms with Crippen molar-refractivity contribution < 1.29 is 28.6 Å². The minimum Gasteiger partial charge on any atom is -0.483 e. The zero-order valence-corrected chi connectivity index (χ0v) is 19.1. The fourth-order valence-electron chi connectivity index (χ4n) is 3.81. The van der Waals surface area contributed by atoms with Crippen LogP contribution >= 0.6 is 0 Å². The standard InChI is InChI=1S/C23H29N5O6/c1-3-33-23(28-10-15-6-7-17(32-2)20(30)16(15)11-28)22(31)27-9-14-5-4-13(21(25)26)8-18(14)34-12-19(24)29/h4-8,10,16-17,23H,3,9,11-12H2,1-2H3,(H2,24,29)(H3,25,26)(H,27,31). The van der Waals surface area contributed by atoms with Gasteiger partial charge in [0.1, 0.15) is 17.7 Å². The average molecular weight is 472 g/mol. The van der Waals surface area contributed by atoms with Crippen molar-refractivity contribution >= 4 is 23.4 Å². The monoisotopic (exact) mass is 471 g/mol. The highest BCUT2D eigenvalue weighted by molar-refractivity contribution is 5.95. The Morgan fingerprint density at radius 2 is 2.09 bits per heavy atom. The number of ketones is 1. The number of amidine groups is 1. The van der Waals surface area contributed by atoms with E-state index in [-0.39, 0.29) is 37.1 Å². The van der Waals surface area contributed by atoms with Crippen LogP contribution in [0.1, 0.15) is 18.1 Å². The summed E-state index contributed by atoms with van der Waals surface area (Å²) in [4.78, 5) is 38.5. The molecule has 1 aromatic carbocycles. The van der Waals surface area contributed by atoms with Crippen molar-refractivity contribution in [3.8, 4) is 5.75 Å². The first kappa shape index (κ1) is 24.9. The fourth-order valence-corrected chi connectivity index (χ4v) is 3.81. The topological polar surface area (TPSA) is 170 Å². The largest absolute Gasteiger partial charge is 0.483 e. The van der Waals surface area contributed by atoms with E-state index in [4.69, 9.17) is 31.1 Å². The van der Waals surface area contributed by atoms with Crippen LogP contribution in [0.15, 0.2) is 42.1 Å². The Bertz CT molecular complexity index is 1040. The van der Waals surface area contributed by atoms with Gasteiger partial charge in [-0.2, -0.15) is 0 Å². The summed E-state index contributed by atoms with van der Waals surface area (Å²) in [5.41, 5.74) is 12.5. The highest BCUT2D eigenvalue weighted by atomic mass is 16.5. The number of carbonyl (C=O) groups is 3. The molecule has 3 unspecified atom stereocenters. The van der Waals surface area contributed by atoms with Gasteiger partial charge in [-0.15, -0.1) is 0 Å². The van der Waals surface area contributed by atoms with Crippen LogP contribution in [0.2, 0.25) is 0 Å². The van der Waals surface area contributed by atoms with E-state index in [0.717, 1.165) is 5.57 Å². The van der Waals surface area contributed by atoms with Crippen LogP contribution in [-0.2, 0) is 30.4 Å². The fraction of sp³-hybridized carbons (Fsp3) is 0.391. The summed E-state index contributed by atoms with van der Waals surface area (Å²) in [5, 5.41) is 10.4. The van der Waals surface area contributed by atoms with Crippen LogP contribution in [0.4, 0.5) is 0 Å². The SMILES string of the molecule is CCOC(C(=O)NCc1ccc(C(=N)N)cc1OCC(N)=O)N1C=C2C=CC(OC)C(=O)C2C1. The molecule has 11 nitrogen and oxygen atoms in total. The van der Waals surface area contributed by atoms with Crippen LogP contribution in [-0.4, -0.2) is 67.5 Å². The van der Waals surface area contributed by atoms with Crippen LogP contribution < -0.4 is 21.5 Å². The molecule has 0 aromatic heterocycles. The van der Waals surface area contributed by atoms with Crippen LogP contribution in [0.3, 0.4) is 0 Å². The van der Waals surface area contributed by atoms with E-state index in [1.807, 2.05) is 6.08 Å². The average Bonchev–Trinajstić information content (AvgIpc) is 3.24. The Kier molecular flexibility index (Phi) is 8.03. The number of nitrogen functional groups attached to an aromatic ring is 1. The summed E-state index contributed by atoms with van der Waals surface area (Å²) in [6.45, 7) is 2.06. The second kappa shape index (κ2) is 10.9. The molecule has 3 atom stereocenters. The summed E-state index contributed by atoms with van der Waals surface area (Å²) >= 11 is 0. The van der Waals surface area contributed by atoms with Crippen LogP contribution in [0, 0.1) is 11.3 Å². The maximum absolute atomic E-state index is 13.1. The molecular weight excluding hydrogens is 442 g/mol. The van der Waals surface area contributed by atoms with E-state index in [1.165, 1.54) is 13.2 Å². The van der Waals surface area contributed by atoms with E-state index in [1.54, 1.807) is 36.2 Å². The number of nitrogens with two attached hydrogens (primary N) is 2. The van der Waals surface area contributed by atoms with E-state index < -0.39 is 30.1 Å². The lowest BCUT2D eigenvalue weighted by Gasteiger charge is -2.28. The summed E-state index contributed by atoms with van der Waals surface area (Å²) in [6.07, 6.45) is 3.74. The number of primary amides is 1. The number of methoxy groups -OCH3 is 1. The smallest absolute Gasteiger partial charge is 0.270 e. The quantitative estimate of drug-likeness (QED) is 0.254. The lowest BCUT2D eigenvalue weighted by atomic mass is 9.88. The Balaban J connectivity index is 1.72. The number of ether oxygens (including phenoxy) is 3. The molecule has 11 heteroatoms. The highest BCUT2D eigenvalue weighted by Gasteiger charge is 2.39. The second-order valence-corrected chi connectivity index (χ2v) is 7.81. The van der Waals surface area contributed by atoms with E-state index >= 15 is 0 Å². The van der Waals surface area contributed by atoms with Gasteiger partial charge in [-0.1, -0.05) is 18.2 Å². The molecule has 2 aliphatic rings. The molecule has 1 aromatic rings. The maximum Gasteiger partial charge on any atom is 0.270 e. The molecule has 0 saturated heterocycles. The summed E-state index contributed by atoms with van der Waals surface area (Å²) < 4.78 is 16.3. The molecule has 182 valence electrons. The zero-order valence-electron chi connectivity index (χ0n) is 19.1. The van der Waals surface area contributed by atoms with Gasteiger partial charge in [0.25, 0.3) is 11.8 Å². The number of hydrogen-bond donors (Lipinski definition) is 4. The van der Waals surface area contributed by atoms with Gasteiger partial charge in [0.2, 0.25) is 6.23 Å². The maximum atomic E-state index is 13.1. The predicted octanol–water partition coefficient (Wildman–Crippen LogP) is -0.217. The Hall–Kier alpha value is -3.70. The van der Waals surface area contributed by atoms with Crippen molar-refractivity contribution in [1.82, 2.24) is 10.2 Å². The number of nitrogens with zero attached hydrogens (tertiary/aromatic N) is 1. The number of carbonyl (C=O) groups excluding carboxylic acids is 3. The highest BCUT2D eigenvalue weighted by Crippen LogP contribution is 2.31. The van der Waals surface area contributed by atoms with Crippen molar-refractivity contribution in [1.29, 1.82) is 5.41 Å². The van der Waals surface area contributed by atoms with E-state index in [2.05, 4.69) is 5.32 Å². The Labute approximate surface area is 197 Å². The first-order valence-corrected chi connectivity index (χ1v) is 10.7. The normalized spacial score (nSPS) is 19.9. The molecule has 0 saturated carbocycles. The number of rotatable bonds is 11. The third kappa shape index (κ3) is 5.61. The van der Waals surface area contributed by atoms with Gasteiger partial charge in [0, 0.05) is 44.1 Å². The molecule has 34 heavy (non-hydrogen) atoms. The molecular formula is C23H29N5O6. The van der Waals surface area contributed by atoms with Crippen molar-refractivity contribution in [3.63, 3.8) is 0 Å². The van der Waals surface area contributed by atoms with Crippen molar-refractivity contribution in [3.05, 3.63) is 53.3 Å². The van der Waals surface area contributed by atoms with Gasteiger partial charge < -0.3 is 35.9 Å².